The van der Waals surface area contributed by atoms with Crippen molar-refractivity contribution in [3.8, 4) is 5.75 Å². The van der Waals surface area contributed by atoms with Crippen molar-refractivity contribution in [1.82, 2.24) is 10.2 Å². The molecule has 0 spiro atoms. The van der Waals surface area contributed by atoms with E-state index in [4.69, 9.17) is 0 Å². The molecule has 1 aliphatic heterocycles. The Bertz CT molecular complexity index is 819. The van der Waals surface area contributed by atoms with Gasteiger partial charge in [-0.2, -0.15) is 0 Å². The van der Waals surface area contributed by atoms with E-state index in [0.717, 1.165) is 4.47 Å². The van der Waals surface area contributed by atoms with Crippen molar-refractivity contribution in [3.05, 3.63) is 62.5 Å². The molecule has 0 radical (unpaired) electrons. The minimum atomic E-state index is -0.211. The van der Waals surface area contributed by atoms with E-state index in [1.807, 2.05) is 18.2 Å². The number of hydrogen-bond acceptors (Lipinski definition) is 3. The summed E-state index contributed by atoms with van der Waals surface area (Å²) >= 11 is 6.59. The predicted octanol–water partition coefficient (Wildman–Crippen LogP) is 3.95. The predicted molar refractivity (Wildman–Crippen MR) is 106 cm³/mol. The number of carbonyl (C=O) groups is 2. The molecule has 1 heterocycles. The molecular weight excluding hydrogens is 464 g/mol. The number of rotatable bonds is 3. The van der Waals surface area contributed by atoms with Gasteiger partial charge in [0, 0.05) is 29.2 Å². The highest BCUT2D eigenvalue weighted by Crippen LogP contribution is 2.32. The minimum absolute atomic E-state index is 0.0367. The van der Waals surface area contributed by atoms with Gasteiger partial charge in [0.05, 0.1) is 10.0 Å². The normalized spacial score (nSPS) is 14.9. The van der Waals surface area contributed by atoms with Gasteiger partial charge in [0.15, 0.2) is 0 Å². The average molecular weight is 482 g/mol. The molecule has 5 nitrogen and oxygen atoms in total. The first-order valence-corrected chi connectivity index (χ1v) is 9.87. The summed E-state index contributed by atoms with van der Waals surface area (Å²) in [7, 11) is 0. The first-order chi connectivity index (χ1) is 12.5. The second kappa shape index (κ2) is 8.22. The van der Waals surface area contributed by atoms with Gasteiger partial charge >= 0.3 is 0 Å². The van der Waals surface area contributed by atoms with Crippen LogP contribution in [0.4, 0.5) is 0 Å². The number of likely N-dealkylation sites (tertiary alicyclic amines) is 1. The quantitative estimate of drug-likeness (QED) is 0.697. The summed E-state index contributed by atoms with van der Waals surface area (Å²) in [4.78, 5) is 26.7. The Hall–Kier alpha value is -1.86. The molecular formula is C19H18Br2N2O3. The summed E-state index contributed by atoms with van der Waals surface area (Å²) in [5.74, 6) is -0.362. The van der Waals surface area contributed by atoms with Crippen LogP contribution in [-0.4, -0.2) is 41.0 Å². The Morgan fingerprint density at radius 1 is 1.08 bits per heavy atom. The van der Waals surface area contributed by atoms with E-state index in [1.165, 1.54) is 0 Å². The fraction of sp³-hybridized carbons (Fsp3) is 0.263. The summed E-state index contributed by atoms with van der Waals surface area (Å²) in [6.45, 7) is 1.06. The highest BCUT2D eigenvalue weighted by molar-refractivity contribution is 9.11. The molecule has 26 heavy (non-hydrogen) atoms. The molecule has 2 N–H and O–H groups in total. The number of nitrogens with zero attached hydrogens (tertiary/aromatic N) is 1. The minimum Gasteiger partial charge on any atom is -0.506 e. The molecule has 1 saturated heterocycles. The SMILES string of the molecule is O=C(NC1CCN(C(=O)c2cc(Br)cc(Br)c2O)CC1)c1ccccc1. The number of benzene rings is 2. The van der Waals surface area contributed by atoms with Crippen LogP contribution in [0.15, 0.2) is 51.4 Å². The van der Waals surface area contributed by atoms with Gasteiger partial charge in [-0.1, -0.05) is 34.1 Å². The highest BCUT2D eigenvalue weighted by Gasteiger charge is 2.27. The van der Waals surface area contributed by atoms with Crippen LogP contribution in [-0.2, 0) is 0 Å². The van der Waals surface area contributed by atoms with E-state index < -0.39 is 0 Å². The smallest absolute Gasteiger partial charge is 0.257 e. The molecule has 1 aliphatic rings. The van der Waals surface area contributed by atoms with Crippen LogP contribution >= 0.6 is 31.9 Å². The number of hydrogen-bond donors (Lipinski definition) is 2. The van der Waals surface area contributed by atoms with Crippen LogP contribution in [0.25, 0.3) is 0 Å². The third-order valence-corrected chi connectivity index (χ3v) is 5.47. The van der Waals surface area contributed by atoms with Crippen LogP contribution in [0.3, 0.4) is 0 Å². The lowest BCUT2D eigenvalue weighted by molar-refractivity contribution is 0.0695. The number of carbonyl (C=O) groups excluding carboxylic acids is 2. The molecule has 0 unspecified atom stereocenters. The molecule has 136 valence electrons. The number of phenols is 1. The molecule has 2 amide bonds. The maximum absolute atomic E-state index is 12.7. The lowest BCUT2D eigenvalue weighted by atomic mass is 10.0. The average Bonchev–Trinajstić information content (AvgIpc) is 2.65. The van der Waals surface area contributed by atoms with E-state index in [2.05, 4.69) is 37.2 Å². The summed E-state index contributed by atoms with van der Waals surface area (Å²) in [5, 5.41) is 13.2. The number of phenolic OH excluding ortho intramolecular Hbond substituents is 1. The standard InChI is InChI=1S/C19H18Br2N2O3/c20-13-10-15(17(24)16(21)11-13)19(26)23-8-6-14(7-9-23)22-18(25)12-4-2-1-3-5-12/h1-5,10-11,14,24H,6-9H2,(H,22,25). The van der Waals surface area contributed by atoms with Gasteiger partial charge in [-0.25, -0.2) is 0 Å². The van der Waals surface area contributed by atoms with Crippen molar-refractivity contribution >= 4 is 43.7 Å². The van der Waals surface area contributed by atoms with Crippen molar-refractivity contribution in [2.75, 3.05) is 13.1 Å². The first-order valence-electron chi connectivity index (χ1n) is 8.29. The van der Waals surface area contributed by atoms with Crippen molar-refractivity contribution in [2.45, 2.75) is 18.9 Å². The maximum atomic E-state index is 12.7. The molecule has 3 rings (SSSR count). The lowest BCUT2D eigenvalue weighted by Crippen LogP contribution is -2.46. The van der Waals surface area contributed by atoms with Gasteiger partial charge < -0.3 is 15.3 Å². The second-order valence-electron chi connectivity index (χ2n) is 6.19. The van der Waals surface area contributed by atoms with E-state index in [9.17, 15) is 14.7 Å². The van der Waals surface area contributed by atoms with Crippen LogP contribution in [0.5, 0.6) is 5.75 Å². The van der Waals surface area contributed by atoms with Gasteiger partial charge in [0.2, 0.25) is 0 Å². The van der Waals surface area contributed by atoms with E-state index in [-0.39, 0.29) is 29.2 Å². The van der Waals surface area contributed by atoms with Crippen molar-refractivity contribution in [1.29, 1.82) is 0 Å². The molecule has 0 aliphatic carbocycles. The molecule has 0 bridgehead atoms. The zero-order valence-electron chi connectivity index (χ0n) is 13.9. The summed E-state index contributed by atoms with van der Waals surface area (Å²) in [6, 6.07) is 12.4. The van der Waals surface area contributed by atoms with Crippen molar-refractivity contribution in [2.24, 2.45) is 0 Å². The topological polar surface area (TPSA) is 69.6 Å². The highest BCUT2D eigenvalue weighted by atomic mass is 79.9. The van der Waals surface area contributed by atoms with E-state index in [0.29, 0.717) is 36.0 Å². The summed E-state index contributed by atoms with van der Waals surface area (Å²) in [6.07, 6.45) is 1.36. The Kier molecular flexibility index (Phi) is 5.98. The number of halogens is 2. The third-order valence-electron chi connectivity index (χ3n) is 4.41. The van der Waals surface area contributed by atoms with E-state index in [1.54, 1.807) is 29.2 Å². The van der Waals surface area contributed by atoms with Crippen LogP contribution in [0.1, 0.15) is 33.6 Å². The number of amides is 2. The molecule has 1 fully saturated rings. The molecule has 0 atom stereocenters. The first kappa shape index (κ1) is 18.9. The fourth-order valence-electron chi connectivity index (χ4n) is 2.98. The molecule has 2 aromatic rings. The molecule has 2 aromatic carbocycles. The second-order valence-corrected chi connectivity index (χ2v) is 7.96. The lowest BCUT2D eigenvalue weighted by Gasteiger charge is -2.32. The Labute approximate surface area is 168 Å². The molecule has 7 heteroatoms. The van der Waals surface area contributed by atoms with Crippen LogP contribution in [0, 0.1) is 0 Å². The Balaban J connectivity index is 1.60. The van der Waals surface area contributed by atoms with Crippen molar-refractivity contribution < 1.29 is 14.7 Å². The summed E-state index contributed by atoms with van der Waals surface area (Å²) < 4.78 is 1.19. The van der Waals surface area contributed by atoms with Crippen molar-refractivity contribution in [3.63, 3.8) is 0 Å². The summed E-state index contributed by atoms with van der Waals surface area (Å²) in [5.41, 5.74) is 0.896. The van der Waals surface area contributed by atoms with Gasteiger partial charge in [0.25, 0.3) is 11.8 Å². The number of aromatic hydroxyl groups is 1. The molecule has 0 aromatic heterocycles. The van der Waals surface area contributed by atoms with Gasteiger partial charge in [-0.15, -0.1) is 0 Å². The van der Waals surface area contributed by atoms with Gasteiger partial charge in [-0.05, 0) is 53.0 Å². The van der Waals surface area contributed by atoms with Gasteiger partial charge in [0.1, 0.15) is 5.75 Å². The van der Waals surface area contributed by atoms with E-state index >= 15 is 0 Å². The maximum Gasteiger partial charge on any atom is 0.257 e. The Morgan fingerprint density at radius 2 is 1.73 bits per heavy atom. The fourth-order valence-corrected chi connectivity index (χ4v) is 4.21. The largest absolute Gasteiger partial charge is 0.506 e. The van der Waals surface area contributed by atoms with Gasteiger partial charge in [-0.3, -0.25) is 9.59 Å². The number of piperidine rings is 1. The molecule has 0 saturated carbocycles. The number of nitrogens with one attached hydrogen (secondary N) is 1. The monoisotopic (exact) mass is 480 g/mol. The van der Waals surface area contributed by atoms with Crippen LogP contribution < -0.4 is 5.32 Å². The third kappa shape index (κ3) is 4.27. The Morgan fingerprint density at radius 3 is 2.38 bits per heavy atom. The zero-order valence-corrected chi connectivity index (χ0v) is 17.1. The van der Waals surface area contributed by atoms with Crippen LogP contribution in [0.2, 0.25) is 0 Å². The zero-order chi connectivity index (χ0) is 18.7.